The summed E-state index contributed by atoms with van der Waals surface area (Å²) in [7, 11) is 0. The van der Waals surface area contributed by atoms with Crippen molar-refractivity contribution in [2.45, 2.75) is 20.4 Å². The summed E-state index contributed by atoms with van der Waals surface area (Å²) in [6.45, 7) is 9.87. The van der Waals surface area contributed by atoms with Crippen molar-refractivity contribution in [2.24, 2.45) is 0 Å². The highest BCUT2D eigenvalue weighted by molar-refractivity contribution is 7.19. The number of fused-ring (bicyclic) bond motifs is 2. The molecule has 1 amide bonds. The minimum absolute atomic E-state index is 0.414. The topological polar surface area (TPSA) is 108 Å². The molecule has 2 aliphatic heterocycles. The number of ketones is 1. The summed E-state index contributed by atoms with van der Waals surface area (Å²) in [6, 6.07) is 8.20. The van der Waals surface area contributed by atoms with E-state index in [4.69, 9.17) is 14.7 Å². The third-order valence-electron chi connectivity index (χ3n) is 7.11. The van der Waals surface area contributed by atoms with Crippen LogP contribution in [-0.2, 0) is 20.9 Å². The van der Waals surface area contributed by atoms with Gasteiger partial charge in [0.05, 0.1) is 35.1 Å². The molecule has 3 aromatic heterocycles. The van der Waals surface area contributed by atoms with Crippen molar-refractivity contribution >= 4 is 50.0 Å². The van der Waals surface area contributed by atoms with Crippen LogP contribution >= 0.6 is 11.3 Å². The first-order chi connectivity index (χ1) is 19.0. The van der Waals surface area contributed by atoms with Crippen molar-refractivity contribution in [3.8, 4) is 11.4 Å². The molecule has 2 saturated heterocycles. The number of aromatic nitrogens is 4. The Balaban J connectivity index is 1.26. The average molecular weight is 546 g/mol. The SMILES string of the molecule is CC(C)=CC(=O)C(=O)N1CCN(Cc2cc3nc(-c4cccc5[nH]ncc45)nc(N4CCOCC4)c3s2)CC1. The van der Waals surface area contributed by atoms with Gasteiger partial charge in [0.2, 0.25) is 5.78 Å². The Labute approximate surface area is 230 Å². The standard InChI is InChI=1S/C28H31N7O3S/c1-18(2)14-24(36)28(37)35-8-6-33(7-9-35)17-19-15-23-25(39-19)27(34-10-12-38-13-11-34)31-26(30-23)20-4-3-5-22-21(20)16-29-32-22/h3-5,14-16H,6-13,17H2,1-2H3,(H,29,32). The minimum atomic E-state index is -0.441. The van der Waals surface area contributed by atoms with Gasteiger partial charge < -0.3 is 14.5 Å². The van der Waals surface area contributed by atoms with Gasteiger partial charge in [-0.25, -0.2) is 9.97 Å². The third-order valence-corrected chi connectivity index (χ3v) is 8.22. The van der Waals surface area contributed by atoms with Crippen LogP contribution in [0.25, 0.3) is 32.5 Å². The second kappa shape index (κ2) is 10.8. The molecule has 0 aliphatic carbocycles. The summed E-state index contributed by atoms with van der Waals surface area (Å²) in [4.78, 5) is 42.2. The maximum Gasteiger partial charge on any atom is 0.294 e. The molecule has 1 aromatic carbocycles. The normalized spacial score (nSPS) is 16.7. The molecule has 5 heterocycles. The molecule has 1 N–H and O–H groups in total. The summed E-state index contributed by atoms with van der Waals surface area (Å²) in [5.41, 5.74) is 3.67. The van der Waals surface area contributed by atoms with E-state index in [1.54, 1.807) is 16.2 Å². The highest BCUT2D eigenvalue weighted by Gasteiger charge is 2.26. The van der Waals surface area contributed by atoms with Crippen molar-refractivity contribution < 1.29 is 14.3 Å². The molecule has 0 atom stereocenters. The number of benzene rings is 1. The number of morpholine rings is 1. The first kappa shape index (κ1) is 25.6. The van der Waals surface area contributed by atoms with Gasteiger partial charge in [0.15, 0.2) is 11.6 Å². The summed E-state index contributed by atoms with van der Waals surface area (Å²) >= 11 is 1.73. The number of carbonyl (C=O) groups is 2. The Morgan fingerprint density at radius 2 is 1.87 bits per heavy atom. The Kier molecular flexibility index (Phi) is 7.11. The monoisotopic (exact) mass is 545 g/mol. The second-order valence-electron chi connectivity index (χ2n) is 10.2. The van der Waals surface area contributed by atoms with Crippen molar-refractivity contribution in [2.75, 3.05) is 57.4 Å². The molecule has 0 radical (unpaired) electrons. The molecule has 2 fully saturated rings. The number of aromatic amines is 1. The number of anilines is 1. The van der Waals surface area contributed by atoms with Crippen LogP contribution in [0.2, 0.25) is 0 Å². The van der Waals surface area contributed by atoms with E-state index in [2.05, 4.69) is 26.1 Å². The fourth-order valence-corrected chi connectivity index (χ4v) is 6.28. The lowest BCUT2D eigenvalue weighted by atomic mass is 10.1. The molecule has 0 saturated carbocycles. The number of allylic oxidation sites excluding steroid dienone is 1. The number of rotatable bonds is 6. The highest BCUT2D eigenvalue weighted by Crippen LogP contribution is 2.36. The Hall–Kier alpha value is -3.67. The third kappa shape index (κ3) is 5.29. The van der Waals surface area contributed by atoms with Gasteiger partial charge in [-0.1, -0.05) is 17.7 Å². The van der Waals surface area contributed by atoms with Crippen molar-refractivity contribution in [1.29, 1.82) is 0 Å². The summed E-state index contributed by atoms with van der Waals surface area (Å²) in [6.07, 6.45) is 3.24. The fourth-order valence-electron chi connectivity index (χ4n) is 5.12. The van der Waals surface area contributed by atoms with Crippen LogP contribution in [0.1, 0.15) is 18.7 Å². The van der Waals surface area contributed by atoms with Crippen molar-refractivity contribution in [1.82, 2.24) is 30.0 Å². The Bertz CT molecular complexity index is 1560. The number of nitrogens with zero attached hydrogens (tertiary/aromatic N) is 6. The van der Waals surface area contributed by atoms with Gasteiger partial charge in [-0.15, -0.1) is 11.3 Å². The number of carbonyl (C=O) groups excluding carboxylic acids is 2. The minimum Gasteiger partial charge on any atom is -0.378 e. The number of ether oxygens (including phenoxy) is 1. The fraction of sp³-hybridized carbons (Fsp3) is 0.393. The molecule has 4 aromatic rings. The van der Waals surface area contributed by atoms with E-state index < -0.39 is 11.7 Å². The lowest BCUT2D eigenvalue weighted by molar-refractivity contribution is -0.143. The molecule has 10 nitrogen and oxygen atoms in total. The van der Waals surface area contributed by atoms with E-state index in [1.165, 1.54) is 11.0 Å². The van der Waals surface area contributed by atoms with Gasteiger partial charge in [0.25, 0.3) is 5.91 Å². The quantitative estimate of drug-likeness (QED) is 0.291. The van der Waals surface area contributed by atoms with Gasteiger partial charge in [-0.05, 0) is 32.1 Å². The van der Waals surface area contributed by atoms with Crippen LogP contribution in [0, 0.1) is 0 Å². The zero-order valence-electron chi connectivity index (χ0n) is 22.1. The maximum atomic E-state index is 12.5. The summed E-state index contributed by atoms with van der Waals surface area (Å²) in [5.74, 6) is 0.782. The number of hydrogen-bond acceptors (Lipinski definition) is 9. The molecular formula is C28H31N7O3S. The lowest BCUT2D eigenvalue weighted by Gasteiger charge is -2.33. The number of H-pyrrole nitrogens is 1. The van der Waals surface area contributed by atoms with Crippen LogP contribution in [0.3, 0.4) is 0 Å². The maximum absolute atomic E-state index is 12.5. The Morgan fingerprint density at radius 1 is 1.08 bits per heavy atom. The van der Waals surface area contributed by atoms with Gasteiger partial charge in [-0.3, -0.25) is 19.6 Å². The van der Waals surface area contributed by atoms with Crippen LogP contribution in [0.15, 0.2) is 42.1 Å². The van der Waals surface area contributed by atoms with E-state index in [0.717, 1.165) is 70.8 Å². The lowest BCUT2D eigenvalue weighted by Crippen LogP contribution is -2.49. The van der Waals surface area contributed by atoms with E-state index in [9.17, 15) is 9.59 Å². The zero-order chi connectivity index (χ0) is 26.9. The van der Waals surface area contributed by atoms with Crippen molar-refractivity contribution in [3.63, 3.8) is 0 Å². The first-order valence-electron chi connectivity index (χ1n) is 13.2. The van der Waals surface area contributed by atoms with E-state index in [1.807, 2.05) is 38.2 Å². The molecule has 39 heavy (non-hydrogen) atoms. The number of piperazine rings is 1. The van der Waals surface area contributed by atoms with Crippen molar-refractivity contribution in [3.05, 3.63) is 47.0 Å². The van der Waals surface area contributed by atoms with E-state index in [-0.39, 0.29) is 0 Å². The van der Waals surface area contributed by atoms with E-state index in [0.29, 0.717) is 32.1 Å². The smallest absolute Gasteiger partial charge is 0.294 e. The molecule has 2 aliphatic rings. The second-order valence-corrected chi connectivity index (χ2v) is 11.3. The molecule has 6 rings (SSSR count). The number of hydrogen-bond donors (Lipinski definition) is 1. The predicted molar refractivity (Wildman–Crippen MR) is 152 cm³/mol. The number of nitrogens with one attached hydrogen (secondary N) is 1. The van der Waals surface area contributed by atoms with E-state index >= 15 is 0 Å². The summed E-state index contributed by atoms with van der Waals surface area (Å²) in [5, 5.41) is 8.25. The number of amides is 1. The van der Waals surface area contributed by atoms with Crippen LogP contribution < -0.4 is 4.90 Å². The summed E-state index contributed by atoms with van der Waals surface area (Å²) < 4.78 is 6.69. The van der Waals surface area contributed by atoms with Crippen LogP contribution in [0.5, 0.6) is 0 Å². The Morgan fingerprint density at radius 3 is 2.64 bits per heavy atom. The van der Waals surface area contributed by atoms with Gasteiger partial charge in [0, 0.05) is 61.6 Å². The van der Waals surface area contributed by atoms with Gasteiger partial charge >= 0.3 is 0 Å². The number of thiophene rings is 1. The highest BCUT2D eigenvalue weighted by atomic mass is 32.1. The zero-order valence-corrected chi connectivity index (χ0v) is 23.0. The average Bonchev–Trinajstić information content (AvgIpc) is 3.59. The molecule has 202 valence electrons. The molecule has 0 spiro atoms. The molecule has 0 bridgehead atoms. The van der Waals surface area contributed by atoms with Crippen LogP contribution in [0.4, 0.5) is 5.82 Å². The molecule has 11 heteroatoms. The predicted octanol–water partition coefficient (Wildman–Crippen LogP) is 3.25. The first-order valence-corrected chi connectivity index (χ1v) is 14.0. The van der Waals surface area contributed by atoms with Gasteiger partial charge in [-0.2, -0.15) is 5.10 Å². The largest absolute Gasteiger partial charge is 0.378 e. The molecule has 0 unspecified atom stereocenters. The van der Waals surface area contributed by atoms with Gasteiger partial charge in [0.1, 0.15) is 0 Å². The van der Waals surface area contributed by atoms with Crippen LogP contribution in [-0.4, -0.2) is 94.1 Å². The molecular weight excluding hydrogens is 514 g/mol.